The predicted molar refractivity (Wildman–Crippen MR) is 78.6 cm³/mol. The predicted octanol–water partition coefficient (Wildman–Crippen LogP) is 2.84. The average Bonchev–Trinajstić information content (AvgIpc) is 2.83. The molecule has 0 bridgehead atoms. The molecular formula is C16H17N3. The molecule has 3 rings (SSSR count). The Hall–Kier alpha value is -2.13. The Morgan fingerprint density at radius 3 is 2.84 bits per heavy atom. The van der Waals surface area contributed by atoms with Crippen molar-refractivity contribution >= 4 is 10.9 Å². The maximum absolute atomic E-state index is 5.72. The van der Waals surface area contributed by atoms with Gasteiger partial charge in [-0.3, -0.25) is 0 Å². The standard InChI is InChI=1S/C16H17N3/c1-12-6-7-16(13(10-12)8-9-17)19-15-5-3-2-4-14(15)11-18-19/h2-7,10-11H,8-9,17H2,1H3. The highest BCUT2D eigenvalue weighted by atomic mass is 15.3. The van der Waals surface area contributed by atoms with E-state index in [0.717, 1.165) is 23.0 Å². The van der Waals surface area contributed by atoms with Crippen molar-refractivity contribution < 1.29 is 0 Å². The molecule has 1 heterocycles. The molecule has 1 aromatic heterocycles. The molecule has 0 aliphatic carbocycles. The lowest BCUT2D eigenvalue weighted by Gasteiger charge is -2.11. The molecule has 0 spiro atoms. The summed E-state index contributed by atoms with van der Waals surface area (Å²) in [4.78, 5) is 0. The first-order chi connectivity index (χ1) is 9.29. The molecule has 0 amide bonds. The van der Waals surface area contributed by atoms with Crippen molar-refractivity contribution in [2.75, 3.05) is 6.54 Å². The molecule has 3 aromatic rings. The number of nitrogens with two attached hydrogens (primary N) is 1. The van der Waals surface area contributed by atoms with Crippen LogP contribution in [0.25, 0.3) is 16.6 Å². The zero-order chi connectivity index (χ0) is 13.2. The van der Waals surface area contributed by atoms with Crippen molar-refractivity contribution in [3.05, 3.63) is 59.8 Å². The van der Waals surface area contributed by atoms with Gasteiger partial charge in [-0.05, 0) is 37.6 Å². The van der Waals surface area contributed by atoms with Gasteiger partial charge in [0.25, 0.3) is 0 Å². The van der Waals surface area contributed by atoms with Gasteiger partial charge in [0.05, 0.1) is 17.4 Å². The number of para-hydroxylation sites is 1. The second kappa shape index (κ2) is 4.86. The van der Waals surface area contributed by atoms with Crippen LogP contribution in [-0.4, -0.2) is 16.3 Å². The smallest absolute Gasteiger partial charge is 0.0741 e. The summed E-state index contributed by atoms with van der Waals surface area (Å²) in [5, 5.41) is 5.67. The molecule has 0 unspecified atom stereocenters. The van der Waals surface area contributed by atoms with Crippen molar-refractivity contribution in [3.63, 3.8) is 0 Å². The van der Waals surface area contributed by atoms with Crippen LogP contribution in [0.4, 0.5) is 0 Å². The van der Waals surface area contributed by atoms with Gasteiger partial charge in [0.15, 0.2) is 0 Å². The van der Waals surface area contributed by atoms with Gasteiger partial charge in [-0.2, -0.15) is 5.10 Å². The fourth-order valence-corrected chi connectivity index (χ4v) is 2.44. The first-order valence-corrected chi connectivity index (χ1v) is 6.52. The maximum atomic E-state index is 5.72. The van der Waals surface area contributed by atoms with Crippen molar-refractivity contribution in [1.29, 1.82) is 0 Å². The summed E-state index contributed by atoms with van der Waals surface area (Å²) >= 11 is 0. The van der Waals surface area contributed by atoms with Crippen LogP contribution >= 0.6 is 0 Å². The zero-order valence-electron chi connectivity index (χ0n) is 11.0. The molecule has 96 valence electrons. The Bertz CT molecular complexity index is 713. The average molecular weight is 251 g/mol. The molecule has 0 saturated heterocycles. The van der Waals surface area contributed by atoms with E-state index in [0.29, 0.717) is 6.54 Å². The third-order valence-corrected chi connectivity index (χ3v) is 3.35. The van der Waals surface area contributed by atoms with E-state index in [4.69, 9.17) is 5.73 Å². The van der Waals surface area contributed by atoms with E-state index in [2.05, 4.69) is 42.4 Å². The lowest BCUT2D eigenvalue weighted by molar-refractivity contribution is 0.872. The van der Waals surface area contributed by atoms with Gasteiger partial charge in [-0.1, -0.05) is 35.9 Å². The summed E-state index contributed by atoms with van der Waals surface area (Å²) in [5.41, 5.74) is 10.5. The van der Waals surface area contributed by atoms with Gasteiger partial charge in [-0.25, -0.2) is 4.68 Å². The number of hydrogen-bond donors (Lipinski definition) is 1. The minimum atomic E-state index is 0.648. The number of rotatable bonds is 3. The van der Waals surface area contributed by atoms with Crippen LogP contribution in [0.15, 0.2) is 48.7 Å². The molecule has 0 aliphatic rings. The molecule has 2 aromatic carbocycles. The van der Waals surface area contributed by atoms with E-state index in [1.165, 1.54) is 11.1 Å². The summed E-state index contributed by atoms with van der Waals surface area (Å²) in [6.07, 6.45) is 2.77. The highest BCUT2D eigenvalue weighted by molar-refractivity contribution is 5.80. The quantitative estimate of drug-likeness (QED) is 0.778. The van der Waals surface area contributed by atoms with Gasteiger partial charge >= 0.3 is 0 Å². The van der Waals surface area contributed by atoms with Crippen LogP contribution in [0.2, 0.25) is 0 Å². The number of benzene rings is 2. The molecule has 3 heteroatoms. The van der Waals surface area contributed by atoms with Crippen molar-refractivity contribution in [2.45, 2.75) is 13.3 Å². The number of fused-ring (bicyclic) bond motifs is 1. The largest absolute Gasteiger partial charge is 0.330 e. The molecular weight excluding hydrogens is 234 g/mol. The first kappa shape index (κ1) is 11.9. The summed E-state index contributed by atoms with van der Waals surface area (Å²) < 4.78 is 2.00. The summed E-state index contributed by atoms with van der Waals surface area (Å²) in [6.45, 7) is 2.75. The minimum Gasteiger partial charge on any atom is -0.330 e. The number of aryl methyl sites for hydroxylation is 1. The van der Waals surface area contributed by atoms with Crippen LogP contribution < -0.4 is 5.73 Å². The summed E-state index contributed by atoms with van der Waals surface area (Å²) in [5.74, 6) is 0. The lowest BCUT2D eigenvalue weighted by atomic mass is 10.1. The van der Waals surface area contributed by atoms with E-state index in [1.807, 2.05) is 23.0 Å². The highest BCUT2D eigenvalue weighted by Crippen LogP contribution is 2.22. The van der Waals surface area contributed by atoms with Gasteiger partial charge in [0.2, 0.25) is 0 Å². The van der Waals surface area contributed by atoms with E-state index in [9.17, 15) is 0 Å². The van der Waals surface area contributed by atoms with Crippen LogP contribution in [0.3, 0.4) is 0 Å². The third kappa shape index (κ3) is 2.13. The molecule has 19 heavy (non-hydrogen) atoms. The van der Waals surface area contributed by atoms with E-state index >= 15 is 0 Å². The first-order valence-electron chi connectivity index (χ1n) is 6.52. The molecule has 0 saturated carbocycles. The van der Waals surface area contributed by atoms with Gasteiger partial charge in [-0.15, -0.1) is 0 Å². The van der Waals surface area contributed by atoms with Crippen molar-refractivity contribution in [3.8, 4) is 5.69 Å². The molecule has 3 nitrogen and oxygen atoms in total. The number of nitrogens with zero attached hydrogens (tertiary/aromatic N) is 2. The van der Waals surface area contributed by atoms with E-state index < -0.39 is 0 Å². The molecule has 0 aliphatic heterocycles. The highest BCUT2D eigenvalue weighted by Gasteiger charge is 2.08. The van der Waals surface area contributed by atoms with Crippen LogP contribution in [0.1, 0.15) is 11.1 Å². The second-order valence-electron chi connectivity index (χ2n) is 4.79. The molecule has 0 fully saturated rings. The zero-order valence-corrected chi connectivity index (χ0v) is 11.0. The Balaban J connectivity index is 2.21. The van der Waals surface area contributed by atoms with Crippen LogP contribution in [0, 0.1) is 6.92 Å². The fourth-order valence-electron chi connectivity index (χ4n) is 2.44. The third-order valence-electron chi connectivity index (χ3n) is 3.35. The van der Waals surface area contributed by atoms with Crippen LogP contribution in [-0.2, 0) is 6.42 Å². The molecule has 2 N–H and O–H groups in total. The van der Waals surface area contributed by atoms with Crippen molar-refractivity contribution in [1.82, 2.24) is 9.78 Å². The number of hydrogen-bond acceptors (Lipinski definition) is 2. The van der Waals surface area contributed by atoms with Crippen LogP contribution in [0.5, 0.6) is 0 Å². The minimum absolute atomic E-state index is 0.648. The Morgan fingerprint density at radius 1 is 1.16 bits per heavy atom. The van der Waals surface area contributed by atoms with Crippen molar-refractivity contribution in [2.24, 2.45) is 5.73 Å². The second-order valence-corrected chi connectivity index (χ2v) is 4.79. The monoisotopic (exact) mass is 251 g/mol. The lowest BCUT2D eigenvalue weighted by Crippen LogP contribution is -2.08. The number of aromatic nitrogens is 2. The van der Waals surface area contributed by atoms with Gasteiger partial charge < -0.3 is 5.73 Å². The van der Waals surface area contributed by atoms with Gasteiger partial charge in [0, 0.05) is 5.39 Å². The summed E-state index contributed by atoms with van der Waals surface area (Å²) in [7, 11) is 0. The summed E-state index contributed by atoms with van der Waals surface area (Å²) in [6, 6.07) is 14.7. The SMILES string of the molecule is Cc1ccc(-n2ncc3ccccc32)c(CCN)c1. The molecule has 0 radical (unpaired) electrons. The topological polar surface area (TPSA) is 43.8 Å². The van der Waals surface area contributed by atoms with E-state index in [-0.39, 0.29) is 0 Å². The Labute approximate surface area is 112 Å². The molecule has 0 atom stereocenters. The Kier molecular flexibility index (Phi) is 3.05. The van der Waals surface area contributed by atoms with Gasteiger partial charge in [0.1, 0.15) is 0 Å². The normalized spacial score (nSPS) is 11.1. The van der Waals surface area contributed by atoms with E-state index in [1.54, 1.807) is 0 Å². The fraction of sp³-hybridized carbons (Fsp3) is 0.188. The Morgan fingerprint density at radius 2 is 2.00 bits per heavy atom. The maximum Gasteiger partial charge on any atom is 0.0741 e.